The lowest BCUT2D eigenvalue weighted by atomic mass is 10.3. The molecule has 0 bridgehead atoms. The molecule has 4 aromatic rings. The highest BCUT2D eigenvalue weighted by Gasteiger charge is 2.20. The van der Waals surface area contributed by atoms with Crippen LogP contribution in [-0.4, -0.2) is 55.1 Å². The minimum atomic E-state index is 0.908. The van der Waals surface area contributed by atoms with Gasteiger partial charge in [-0.25, -0.2) is 9.97 Å². The molecule has 0 unspecified atom stereocenters. The molecule has 1 aliphatic heterocycles. The number of benzene rings is 2. The molecular formula is C22H26N6. The van der Waals surface area contributed by atoms with Gasteiger partial charge in [-0.15, -0.1) is 0 Å². The van der Waals surface area contributed by atoms with Gasteiger partial charge in [0, 0.05) is 40.3 Å². The van der Waals surface area contributed by atoms with Crippen LogP contribution in [0.5, 0.6) is 0 Å². The first kappa shape index (κ1) is 17.4. The van der Waals surface area contributed by atoms with E-state index in [4.69, 9.17) is 9.97 Å². The topological polar surface area (TPSA) is 42.1 Å². The summed E-state index contributed by atoms with van der Waals surface area (Å²) in [6, 6.07) is 16.7. The lowest BCUT2D eigenvalue weighted by Gasteiger charge is -2.34. The molecule has 0 saturated carbocycles. The van der Waals surface area contributed by atoms with Crippen LogP contribution in [-0.2, 0) is 27.2 Å². The molecule has 2 aromatic carbocycles. The van der Waals surface area contributed by atoms with E-state index in [-0.39, 0.29) is 0 Å². The van der Waals surface area contributed by atoms with Crippen LogP contribution in [0.25, 0.3) is 22.1 Å². The number of imidazole rings is 2. The Morgan fingerprint density at radius 2 is 1.04 bits per heavy atom. The molecule has 0 aliphatic carbocycles. The minimum absolute atomic E-state index is 0.908. The van der Waals surface area contributed by atoms with Gasteiger partial charge < -0.3 is 9.13 Å². The van der Waals surface area contributed by atoms with Crippen molar-refractivity contribution < 1.29 is 0 Å². The van der Waals surface area contributed by atoms with Gasteiger partial charge in [0.2, 0.25) is 0 Å². The van der Waals surface area contributed by atoms with Crippen LogP contribution >= 0.6 is 0 Å². The quantitative estimate of drug-likeness (QED) is 0.551. The molecule has 1 saturated heterocycles. The molecule has 1 fully saturated rings. The third-order valence-corrected chi connectivity index (χ3v) is 5.95. The number of piperazine rings is 1. The van der Waals surface area contributed by atoms with E-state index in [1.54, 1.807) is 0 Å². The maximum absolute atomic E-state index is 4.82. The van der Waals surface area contributed by atoms with Crippen LogP contribution in [0.4, 0.5) is 0 Å². The van der Waals surface area contributed by atoms with Crippen molar-refractivity contribution in [2.45, 2.75) is 13.1 Å². The summed E-state index contributed by atoms with van der Waals surface area (Å²) >= 11 is 0. The van der Waals surface area contributed by atoms with Gasteiger partial charge >= 0.3 is 0 Å². The van der Waals surface area contributed by atoms with E-state index in [9.17, 15) is 0 Å². The van der Waals surface area contributed by atoms with Gasteiger partial charge in [-0.05, 0) is 24.3 Å². The maximum atomic E-state index is 4.82. The number of rotatable bonds is 4. The first-order valence-electron chi connectivity index (χ1n) is 9.94. The van der Waals surface area contributed by atoms with Crippen LogP contribution in [0.3, 0.4) is 0 Å². The molecule has 5 rings (SSSR count). The van der Waals surface area contributed by atoms with E-state index in [1.807, 2.05) is 0 Å². The number of aryl methyl sites for hydroxylation is 2. The zero-order chi connectivity index (χ0) is 19.1. The third-order valence-electron chi connectivity index (χ3n) is 5.95. The van der Waals surface area contributed by atoms with Crippen LogP contribution < -0.4 is 0 Å². The smallest absolute Gasteiger partial charge is 0.123 e. The van der Waals surface area contributed by atoms with Gasteiger partial charge in [-0.1, -0.05) is 24.3 Å². The van der Waals surface area contributed by atoms with Crippen LogP contribution in [0.2, 0.25) is 0 Å². The molecule has 2 aromatic heterocycles. The van der Waals surface area contributed by atoms with Crippen molar-refractivity contribution in [1.29, 1.82) is 0 Å². The molecule has 0 spiro atoms. The molecule has 6 nitrogen and oxygen atoms in total. The average Bonchev–Trinajstić information content (AvgIpc) is 3.21. The molecule has 28 heavy (non-hydrogen) atoms. The fourth-order valence-corrected chi connectivity index (χ4v) is 4.18. The number of aromatic nitrogens is 4. The summed E-state index contributed by atoms with van der Waals surface area (Å²) in [6.45, 7) is 6.07. The molecule has 0 atom stereocenters. The van der Waals surface area contributed by atoms with E-state index in [2.05, 4.69) is 81.6 Å². The lowest BCUT2D eigenvalue weighted by Crippen LogP contribution is -2.45. The molecular weight excluding hydrogens is 348 g/mol. The van der Waals surface area contributed by atoms with E-state index >= 15 is 0 Å². The number of para-hydroxylation sites is 4. The summed E-state index contributed by atoms with van der Waals surface area (Å²) in [6.07, 6.45) is 0. The molecule has 0 N–H and O–H groups in total. The highest BCUT2D eigenvalue weighted by molar-refractivity contribution is 5.76. The Balaban J connectivity index is 1.23. The van der Waals surface area contributed by atoms with Gasteiger partial charge in [0.05, 0.1) is 35.2 Å². The predicted octanol–water partition coefficient (Wildman–Crippen LogP) is 2.78. The zero-order valence-electron chi connectivity index (χ0n) is 16.5. The Morgan fingerprint density at radius 1 is 0.643 bits per heavy atom. The number of nitrogens with zero attached hydrogens (tertiary/aromatic N) is 6. The highest BCUT2D eigenvalue weighted by atomic mass is 15.3. The Labute approximate surface area is 165 Å². The molecule has 3 heterocycles. The van der Waals surface area contributed by atoms with Crippen molar-refractivity contribution in [3.8, 4) is 0 Å². The average molecular weight is 374 g/mol. The Hall–Kier alpha value is -2.70. The van der Waals surface area contributed by atoms with E-state index in [0.29, 0.717) is 0 Å². The molecule has 0 radical (unpaired) electrons. The van der Waals surface area contributed by atoms with E-state index in [1.165, 1.54) is 11.0 Å². The number of hydrogen-bond donors (Lipinski definition) is 0. The standard InChI is InChI=1S/C22H26N6/c1-25-19-9-5-3-7-17(19)23-21(25)15-27-11-13-28(14-12-27)16-22-24-18-8-4-6-10-20(18)26(22)2/h3-10H,11-16H2,1-2H3. The predicted molar refractivity (Wildman–Crippen MR) is 112 cm³/mol. The van der Waals surface area contributed by atoms with Crippen molar-refractivity contribution in [3.05, 3.63) is 60.2 Å². The summed E-state index contributed by atoms with van der Waals surface area (Å²) < 4.78 is 4.45. The Kier molecular flexibility index (Phi) is 4.37. The second-order valence-electron chi connectivity index (χ2n) is 7.70. The molecule has 0 amide bonds. The van der Waals surface area contributed by atoms with Crippen molar-refractivity contribution in [1.82, 2.24) is 28.9 Å². The third kappa shape index (κ3) is 3.08. The monoisotopic (exact) mass is 374 g/mol. The highest BCUT2D eigenvalue weighted by Crippen LogP contribution is 2.18. The van der Waals surface area contributed by atoms with Crippen molar-refractivity contribution in [2.24, 2.45) is 14.1 Å². The van der Waals surface area contributed by atoms with Crippen LogP contribution in [0.15, 0.2) is 48.5 Å². The minimum Gasteiger partial charge on any atom is -0.330 e. The SMILES string of the molecule is Cn1c(CN2CCN(Cc3nc4ccccc4n3C)CC2)nc2ccccc21. The normalized spacial score (nSPS) is 16.4. The number of hydrogen-bond acceptors (Lipinski definition) is 4. The van der Waals surface area contributed by atoms with E-state index < -0.39 is 0 Å². The summed E-state index contributed by atoms with van der Waals surface area (Å²) in [7, 11) is 4.24. The van der Waals surface area contributed by atoms with Gasteiger partial charge in [0.1, 0.15) is 11.6 Å². The number of fused-ring (bicyclic) bond motifs is 2. The Morgan fingerprint density at radius 3 is 1.43 bits per heavy atom. The van der Waals surface area contributed by atoms with E-state index in [0.717, 1.165) is 62.0 Å². The van der Waals surface area contributed by atoms with Crippen LogP contribution in [0, 0.1) is 0 Å². The summed E-state index contributed by atoms with van der Waals surface area (Å²) in [4.78, 5) is 14.7. The molecule has 1 aliphatic rings. The first-order chi connectivity index (χ1) is 13.7. The fraction of sp³-hybridized carbons (Fsp3) is 0.364. The van der Waals surface area contributed by atoms with Crippen molar-refractivity contribution >= 4 is 22.1 Å². The molecule has 6 heteroatoms. The lowest BCUT2D eigenvalue weighted by molar-refractivity contribution is 0.116. The largest absolute Gasteiger partial charge is 0.330 e. The van der Waals surface area contributed by atoms with Gasteiger partial charge in [-0.3, -0.25) is 9.80 Å². The Bertz CT molecular complexity index is 1030. The van der Waals surface area contributed by atoms with Gasteiger partial charge in [0.25, 0.3) is 0 Å². The van der Waals surface area contributed by atoms with Crippen molar-refractivity contribution in [2.75, 3.05) is 26.2 Å². The fourth-order valence-electron chi connectivity index (χ4n) is 4.18. The second kappa shape index (κ2) is 7.04. The van der Waals surface area contributed by atoms with Gasteiger partial charge in [0.15, 0.2) is 0 Å². The summed E-state index contributed by atoms with van der Waals surface area (Å²) in [5, 5.41) is 0. The second-order valence-corrected chi connectivity index (χ2v) is 7.70. The van der Waals surface area contributed by atoms with Crippen LogP contribution in [0.1, 0.15) is 11.6 Å². The summed E-state index contributed by atoms with van der Waals surface area (Å²) in [5.41, 5.74) is 4.58. The molecule has 144 valence electrons. The van der Waals surface area contributed by atoms with Crippen molar-refractivity contribution in [3.63, 3.8) is 0 Å². The first-order valence-corrected chi connectivity index (χ1v) is 9.94. The summed E-state index contributed by atoms with van der Waals surface area (Å²) in [5.74, 6) is 2.29. The van der Waals surface area contributed by atoms with Gasteiger partial charge in [-0.2, -0.15) is 0 Å². The zero-order valence-corrected chi connectivity index (χ0v) is 16.5. The maximum Gasteiger partial charge on any atom is 0.123 e.